The van der Waals surface area contributed by atoms with Crippen molar-refractivity contribution in [2.75, 3.05) is 0 Å². The molecular formula is C47H43IrN3O-2. The Morgan fingerprint density at radius 1 is 0.577 bits per heavy atom. The second kappa shape index (κ2) is 15.3. The Bertz CT molecular complexity index is 2630. The second-order valence-electron chi connectivity index (χ2n) is 14.7. The summed E-state index contributed by atoms with van der Waals surface area (Å²) in [6.45, 7) is 11.5. The van der Waals surface area contributed by atoms with Crippen LogP contribution in [-0.2, 0) is 32.9 Å². The van der Waals surface area contributed by atoms with Crippen LogP contribution in [0.3, 0.4) is 0 Å². The third-order valence-electron chi connectivity index (χ3n) is 8.20. The van der Waals surface area contributed by atoms with Crippen molar-refractivity contribution in [3.05, 3.63) is 151 Å². The van der Waals surface area contributed by atoms with Gasteiger partial charge >= 0.3 is 0 Å². The minimum Gasteiger partial charge on any atom is -0.500 e. The molecule has 1 radical (unpaired) electrons. The van der Waals surface area contributed by atoms with Gasteiger partial charge in [0.2, 0.25) is 0 Å². The average molecular weight is 862 g/mol. The van der Waals surface area contributed by atoms with Crippen LogP contribution in [0, 0.1) is 23.0 Å². The number of hydrogen-bond acceptors (Lipinski definition) is 4. The predicted octanol–water partition coefficient (Wildman–Crippen LogP) is 12.4. The maximum Gasteiger partial charge on any atom is 0.130 e. The SMILES string of the molecule is [2H]C([2H])(c1ccc(-c2ccnc(-c3[c-]cccc3)c2)cc1)C(C)(C)C.[2H]C([2H])(c1ccnc(-c2[c-]ccc3c2oc2c4cccnc4ccc32)c1)C(C)(C)C.[Ir]. The average Bonchev–Trinajstić information content (AvgIpc) is 3.57. The molecule has 263 valence electrons. The summed E-state index contributed by atoms with van der Waals surface area (Å²) in [6.07, 6.45) is 2.34. The van der Waals surface area contributed by atoms with E-state index in [1.165, 1.54) is 0 Å². The fourth-order valence-corrected chi connectivity index (χ4v) is 6.11. The summed E-state index contributed by atoms with van der Waals surface area (Å²) in [5, 5.41) is 2.96. The topological polar surface area (TPSA) is 51.8 Å². The molecule has 0 saturated heterocycles. The Balaban J connectivity index is 0.000000190. The summed E-state index contributed by atoms with van der Waals surface area (Å²) in [5.74, 6) is 0. The summed E-state index contributed by atoms with van der Waals surface area (Å²) in [5.41, 5.74) is 7.99. The summed E-state index contributed by atoms with van der Waals surface area (Å²) in [7, 11) is 0. The molecule has 4 nitrogen and oxygen atoms in total. The number of rotatable bonds is 5. The van der Waals surface area contributed by atoms with E-state index >= 15 is 0 Å². The predicted molar refractivity (Wildman–Crippen MR) is 211 cm³/mol. The van der Waals surface area contributed by atoms with Gasteiger partial charge in [-0.15, -0.1) is 54.1 Å². The van der Waals surface area contributed by atoms with Crippen molar-refractivity contribution in [3.63, 3.8) is 0 Å². The summed E-state index contributed by atoms with van der Waals surface area (Å²) < 4.78 is 40.4. The molecule has 52 heavy (non-hydrogen) atoms. The minimum absolute atomic E-state index is 0. The van der Waals surface area contributed by atoms with Crippen LogP contribution in [-0.4, -0.2) is 15.0 Å². The molecule has 0 fully saturated rings. The van der Waals surface area contributed by atoms with Crippen LogP contribution in [0.2, 0.25) is 0 Å². The number of nitrogens with zero attached hydrogens (tertiary/aromatic N) is 3. The van der Waals surface area contributed by atoms with E-state index in [2.05, 4.69) is 27.1 Å². The molecule has 0 atom stereocenters. The molecule has 0 aliphatic heterocycles. The number of furan rings is 1. The van der Waals surface area contributed by atoms with Crippen molar-refractivity contribution in [1.82, 2.24) is 15.0 Å². The Kier molecular flexibility index (Phi) is 9.36. The molecule has 0 spiro atoms. The van der Waals surface area contributed by atoms with Crippen molar-refractivity contribution in [3.8, 4) is 33.6 Å². The van der Waals surface area contributed by atoms with Crippen molar-refractivity contribution in [2.45, 2.75) is 54.3 Å². The van der Waals surface area contributed by atoms with Crippen molar-refractivity contribution < 1.29 is 30.0 Å². The molecule has 0 amide bonds. The van der Waals surface area contributed by atoms with E-state index in [0.717, 1.165) is 55.2 Å². The Morgan fingerprint density at radius 2 is 1.31 bits per heavy atom. The van der Waals surface area contributed by atoms with Crippen LogP contribution in [0.1, 0.15) is 58.2 Å². The van der Waals surface area contributed by atoms with E-state index < -0.39 is 23.6 Å². The number of aromatic nitrogens is 3. The van der Waals surface area contributed by atoms with Crippen LogP contribution in [0.4, 0.5) is 0 Å². The zero-order valence-corrected chi connectivity index (χ0v) is 32.6. The van der Waals surface area contributed by atoms with Crippen molar-refractivity contribution in [1.29, 1.82) is 0 Å². The third-order valence-corrected chi connectivity index (χ3v) is 8.20. The van der Waals surface area contributed by atoms with Gasteiger partial charge in [0, 0.05) is 55.0 Å². The van der Waals surface area contributed by atoms with Crippen LogP contribution in [0.5, 0.6) is 0 Å². The Morgan fingerprint density at radius 3 is 2.06 bits per heavy atom. The van der Waals surface area contributed by atoms with Crippen LogP contribution in [0.15, 0.2) is 132 Å². The molecule has 0 aliphatic carbocycles. The molecular weight excluding hydrogens is 815 g/mol. The van der Waals surface area contributed by atoms with Gasteiger partial charge < -0.3 is 14.4 Å². The molecule has 8 rings (SSSR count). The zero-order chi connectivity index (χ0) is 39.2. The van der Waals surface area contributed by atoms with Gasteiger partial charge in [0.15, 0.2) is 0 Å². The molecule has 8 aromatic rings. The first-order valence-corrected chi connectivity index (χ1v) is 17.2. The summed E-state index contributed by atoms with van der Waals surface area (Å²) in [4.78, 5) is 13.4. The van der Waals surface area contributed by atoms with Crippen molar-refractivity contribution in [2.24, 2.45) is 10.8 Å². The first-order valence-electron chi connectivity index (χ1n) is 19.2. The largest absolute Gasteiger partial charge is 0.500 e. The first kappa shape index (κ1) is 31.7. The summed E-state index contributed by atoms with van der Waals surface area (Å²) >= 11 is 0. The standard InChI is InChI=1S/C25H21N2O.C22H22N.Ir/c1-25(2,3)15-16-11-13-27-22(14-16)20-7-4-6-17-18-9-10-21-19(8-5-12-26-21)24(18)28-23(17)20;1-22(2,3)16-17-9-11-18(12-10-17)20-13-14-23-21(15-20)19-7-5-4-6-8-19;/h4-6,8-14H,15H2,1-3H3;4-7,9-15H,16H2,1-3H3;/q2*-1;/i15D2;16D2;. The van der Waals surface area contributed by atoms with Gasteiger partial charge in [0.05, 0.1) is 11.1 Å². The maximum atomic E-state index is 8.62. The molecule has 0 unspecified atom stereocenters. The molecule has 0 N–H and O–H groups in total. The van der Waals surface area contributed by atoms with Gasteiger partial charge in [0.25, 0.3) is 0 Å². The van der Waals surface area contributed by atoms with E-state index in [0.29, 0.717) is 22.4 Å². The molecule has 0 aliphatic rings. The number of benzene rings is 4. The van der Waals surface area contributed by atoms with Crippen LogP contribution >= 0.6 is 0 Å². The minimum atomic E-state index is -1.51. The van der Waals surface area contributed by atoms with E-state index in [9.17, 15) is 0 Å². The number of fused-ring (bicyclic) bond motifs is 5. The molecule has 4 heterocycles. The van der Waals surface area contributed by atoms with Gasteiger partial charge in [-0.25, -0.2) is 0 Å². The Labute approximate surface area is 326 Å². The molecule has 4 aromatic heterocycles. The van der Waals surface area contributed by atoms with Gasteiger partial charge in [-0.3, -0.25) is 4.98 Å². The van der Waals surface area contributed by atoms with Crippen molar-refractivity contribution >= 4 is 32.8 Å². The number of pyridine rings is 3. The van der Waals surface area contributed by atoms with Gasteiger partial charge in [-0.2, -0.15) is 0 Å². The fourth-order valence-electron chi connectivity index (χ4n) is 6.11. The molecule has 0 saturated carbocycles. The second-order valence-corrected chi connectivity index (χ2v) is 14.7. The molecule has 0 bridgehead atoms. The van der Waals surface area contributed by atoms with Gasteiger partial charge in [0.1, 0.15) is 5.58 Å². The van der Waals surface area contributed by atoms with Gasteiger partial charge in [-0.05, 0) is 88.1 Å². The normalized spacial score (nSPS) is 13.3. The van der Waals surface area contributed by atoms with E-state index in [1.807, 2.05) is 145 Å². The van der Waals surface area contributed by atoms with Gasteiger partial charge in [-0.1, -0.05) is 94.5 Å². The third kappa shape index (κ3) is 8.56. The van der Waals surface area contributed by atoms with E-state index in [-0.39, 0.29) is 20.1 Å². The quantitative estimate of drug-likeness (QED) is 0.162. The zero-order valence-electron chi connectivity index (χ0n) is 34.2. The number of hydrogen-bond donors (Lipinski definition) is 0. The van der Waals surface area contributed by atoms with E-state index in [4.69, 9.17) is 9.90 Å². The summed E-state index contributed by atoms with van der Waals surface area (Å²) in [6, 6.07) is 41.3. The van der Waals surface area contributed by atoms with E-state index in [1.54, 1.807) is 24.7 Å². The smallest absolute Gasteiger partial charge is 0.130 e. The van der Waals surface area contributed by atoms with Crippen LogP contribution in [0.25, 0.3) is 66.5 Å². The monoisotopic (exact) mass is 862 g/mol. The first-order chi connectivity index (χ1) is 26.1. The molecule has 4 aromatic carbocycles. The Hall–Kier alpha value is -4.96. The maximum absolute atomic E-state index is 8.62. The molecule has 5 heteroatoms. The fraction of sp³-hybridized carbons (Fsp3) is 0.213. The van der Waals surface area contributed by atoms with Crippen LogP contribution < -0.4 is 0 Å².